The van der Waals surface area contributed by atoms with Crippen molar-refractivity contribution in [2.45, 2.75) is 308 Å². The molecule has 0 saturated carbocycles. The topological polar surface area (TPSA) is 89.8 Å². The lowest BCUT2D eigenvalue weighted by Crippen LogP contribution is -2.46. The van der Waals surface area contributed by atoms with Crippen molar-refractivity contribution in [3.63, 3.8) is 0 Å². The maximum absolute atomic E-state index is 12.5. The number of aliphatic hydroxyl groups excluding tert-OH is 3. The van der Waals surface area contributed by atoms with Gasteiger partial charge in [0.2, 0.25) is 5.91 Å². The zero-order valence-corrected chi connectivity index (χ0v) is 37.6. The summed E-state index contributed by atoms with van der Waals surface area (Å²) in [5, 5.41) is 33.5. The monoisotopic (exact) mass is 780 g/mol. The van der Waals surface area contributed by atoms with E-state index in [2.05, 4.69) is 19.2 Å². The Morgan fingerprint density at radius 2 is 0.618 bits per heavy atom. The van der Waals surface area contributed by atoms with Crippen LogP contribution in [-0.2, 0) is 4.79 Å². The van der Waals surface area contributed by atoms with Crippen molar-refractivity contribution in [2.75, 3.05) is 6.61 Å². The lowest BCUT2D eigenvalue weighted by molar-refractivity contribution is -0.125. The predicted molar refractivity (Wildman–Crippen MR) is 241 cm³/mol. The third-order valence-corrected chi connectivity index (χ3v) is 12.2. The molecule has 5 nitrogen and oxygen atoms in total. The summed E-state index contributed by atoms with van der Waals surface area (Å²) in [5.41, 5.74) is 0. The number of hydrogen-bond acceptors (Lipinski definition) is 4. The molecule has 3 unspecified atom stereocenters. The number of carbonyl (C=O) groups excluding carboxylic acids is 1. The number of aliphatic hydroxyl groups is 3. The minimum atomic E-state index is -0.744. The van der Waals surface area contributed by atoms with Crippen molar-refractivity contribution in [3.05, 3.63) is 0 Å². The molecule has 0 aromatic carbocycles. The van der Waals surface area contributed by atoms with Gasteiger partial charge in [0, 0.05) is 0 Å². The Morgan fingerprint density at radius 3 is 0.873 bits per heavy atom. The third-order valence-electron chi connectivity index (χ3n) is 12.2. The lowest BCUT2D eigenvalue weighted by Gasteiger charge is -2.23. The van der Waals surface area contributed by atoms with Crippen molar-refractivity contribution in [2.24, 2.45) is 0 Å². The maximum atomic E-state index is 12.5. The molecule has 0 aromatic rings. The predicted octanol–water partition coefficient (Wildman–Crippen LogP) is 15.0. The van der Waals surface area contributed by atoms with Gasteiger partial charge in [-0.05, 0) is 12.8 Å². The van der Waals surface area contributed by atoms with Crippen LogP contribution in [0.2, 0.25) is 0 Å². The fourth-order valence-electron chi connectivity index (χ4n) is 8.29. The SMILES string of the molecule is CCCCCCCCCCCCCCCCCCCCCCCCCCCC(O)CC(=O)NC(CO)C(O)CCCCCCCCCCCCCCCCC. The standard InChI is InChI=1S/C50H101NO4/c1-3-5-7-9-11-13-15-17-19-20-21-22-23-24-25-26-27-28-30-31-33-35-37-39-41-43-47(53)45-50(55)51-48(46-52)49(54)44-42-40-38-36-34-32-29-18-16-14-12-10-8-6-4-2/h47-49,52-54H,3-46H2,1-2H3,(H,51,55). The Hall–Kier alpha value is -0.650. The molecule has 0 aliphatic carbocycles. The highest BCUT2D eigenvalue weighted by Gasteiger charge is 2.21. The Kier molecular flexibility index (Phi) is 45.5. The number of rotatable bonds is 47. The van der Waals surface area contributed by atoms with E-state index in [0.29, 0.717) is 12.8 Å². The highest BCUT2D eigenvalue weighted by molar-refractivity contribution is 5.76. The molecule has 0 radical (unpaired) electrons. The zero-order chi connectivity index (χ0) is 40.1. The van der Waals surface area contributed by atoms with E-state index in [1.165, 1.54) is 231 Å². The first-order chi connectivity index (χ1) is 27.0. The van der Waals surface area contributed by atoms with Gasteiger partial charge in [0.15, 0.2) is 0 Å². The van der Waals surface area contributed by atoms with Crippen LogP contribution in [0, 0.1) is 0 Å². The van der Waals surface area contributed by atoms with Crippen molar-refractivity contribution < 1.29 is 20.1 Å². The molecule has 0 spiro atoms. The molecular weight excluding hydrogens is 679 g/mol. The molecule has 0 aliphatic rings. The summed E-state index contributed by atoms with van der Waals surface area (Å²) in [7, 11) is 0. The summed E-state index contributed by atoms with van der Waals surface area (Å²) in [6.07, 6.45) is 53.8. The number of amides is 1. The Balaban J connectivity index is 3.50. The van der Waals surface area contributed by atoms with Crippen LogP contribution in [0.5, 0.6) is 0 Å². The van der Waals surface area contributed by atoms with Crippen LogP contribution in [0.15, 0.2) is 0 Å². The van der Waals surface area contributed by atoms with Gasteiger partial charge in [-0.15, -0.1) is 0 Å². The second kappa shape index (κ2) is 46.0. The first kappa shape index (κ1) is 54.3. The molecule has 0 heterocycles. The van der Waals surface area contributed by atoms with Crippen LogP contribution in [-0.4, -0.2) is 46.1 Å². The smallest absolute Gasteiger partial charge is 0.222 e. The Bertz CT molecular complexity index is 733. The summed E-state index contributed by atoms with van der Waals surface area (Å²) in [6, 6.07) is -0.653. The van der Waals surface area contributed by atoms with E-state index in [0.717, 1.165) is 25.7 Å². The number of unbranched alkanes of at least 4 members (excludes halogenated alkanes) is 38. The lowest BCUT2D eigenvalue weighted by atomic mass is 10.0. The van der Waals surface area contributed by atoms with Gasteiger partial charge in [-0.2, -0.15) is 0 Å². The molecule has 0 rings (SSSR count). The molecule has 1 amide bonds. The first-order valence-corrected chi connectivity index (χ1v) is 25.3. The van der Waals surface area contributed by atoms with Crippen LogP contribution in [0.4, 0.5) is 0 Å². The molecule has 55 heavy (non-hydrogen) atoms. The average Bonchev–Trinajstić information content (AvgIpc) is 3.18. The van der Waals surface area contributed by atoms with Gasteiger partial charge in [0.1, 0.15) is 0 Å². The van der Waals surface area contributed by atoms with E-state index in [1.54, 1.807) is 0 Å². The van der Waals surface area contributed by atoms with E-state index in [1.807, 2.05) is 0 Å². The van der Waals surface area contributed by atoms with Crippen LogP contribution in [0.25, 0.3) is 0 Å². The molecule has 3 atom stereocenters. The van der Waals surface area contributed by atoms with Gasteiger partial charge in [0.25, 0.3) is 0 Å². The van der Waals surface area contributed by atoms with E-state index in [4.69, 9.17) is 0 Å². The van der Waals surface area contributed by atoms with Gasteiger partial charge in [-0.25, -0.2) is 0 Å². The molecule has 0 aliphatic heterocycles. The molecule has 0 aromatic heterocycles. The minimum absolute atomic E-state index is 0.0432. The van der Waals surface area contributed by atoms with Crippen molar-refractivity contribution in [1.29, 1.82) is 0 Å². The molecule has 0 saturated heterocycles. The summed E-state index contributed by atoms with van der Waals surface area (Å²) >= 11 is 0. The summed E-state index contributed by atoms with van der Waals surface area (Å²) in [5.74, 6) is -0.276. The number of nitrogens with one attached hydrogen (secondary N) is 1. The summed E-state index contributed by atoms with van der Waals surface area (Å²) < 4.78 is 0. The normalized spacial score (nSPS) is 13.3. The molecular formula is C50H101NO4. The quantitative estimate of drug-likeness (QED) is 0.0463. The van der Waals surface area contributed by atoms with Crippen LogP contribution in [0.3, 0.4) is 0 Å². The summed E-state index contributed by atoms with van der Waals surface area (Å²) in [6.45, 7) is 4.29. The van der Waals surface area contributed by atoms with E-state index < -0.39 is 18.2 Å². The largest absolute Gasteiger partial charge is 0.394 e. The van der Waals surface area contributed by atoms with Crippen LogP contribution in [0.1, 0.15) is 290 Å². The molecule has 0 fully saturated rings. The zero-order valence-electron chi connectivity index (χ0n) is 37.6. The fourth-order valence-corrected chi connectivity index (χ4v) is 8.29. The third kappa shape index (κ3) is 42.8. The van der Waals surface area contributed by atoms with Crippen molar-refractivity contribution in [1.82, 2.24) is 5.32 Å². The van der Waals surface area contributed by atoms with E-state index in [-0.39, 0.29) is 18.9 Å². The summed E-state index contributed by atoms with van der Waals surface area (Å²) in [4.78, 5) is 12.5. The van der Waals surface area contributed by atoms with Gasteiger partial charge >= 0.3 is 0 Å². The van der Waals surface area contributed by atoms with Gasteiger partial charge in [-0.3, -0.25) is 4.79 Å². The Morgan fingerprint density at radius 1 is 0.382 bits per heavy atom. The molecule has 0 bridgehead atoms. The highest BCUT2D eigenvalue weighted by atomic mass is 16.3. The first-order valence-electron chi connectivity index (χ1n) is 25.3. The van der Waals surface area contributed by atoms with Crippen molar-refractivity contribution >= 4 is 5.91 Å². The number of carbonyl (C=O) groups is 1. The highest BCUT2D eigenvalue weighted by Crippen LogP contribution is 2.18. The van der Waals surface area contributed by atoms with Gasteiger partial charge in [0.05, 0.1) is 31.3 Å². The second-order valence-electron chi connectivity index (χ2n) is 17.8. The van der Waals surface area contributed by atoms with Gasteiger partial charge < -0.3 is 20.6 Å². The maximum Gasteiger partial charge on any atom is 0.222 e. The van der Waals surface area contributed by atoms with Crippen LogP contribution >= 0.6 is 0 Å². The fraction of sp³-hybridized carbons (Fsp3) is 0.980. The minimum Gasteiger partial charge on any atom is -0.394 e. The van der Waals surface area contributed by atoms with Gasteiger partial charge in [-0.1, -0.05) is 271 Å². The van der Waals surface area contributed by atoms with E-state index in [9.17, 15) is 20.1 Å². The van der Waals surface area contributed by atoms with Crippen LogP contribution < -0.4 is 5.32 Å². The molecule has 5 heteroatoms. The van der Waals surface area contributed by atoms with Crippen molar-refractivity contribution in [3.8, 4) is 0 Å². The Labute approximate surface area is 345 Å². The van der Waals surface area contributed by atoms with E-state index >= 15 is 0 Å². The molecule has 330 valence electrons. The second-order valence-corrected chi connectivity index (χ2v) is 17.8. The molecule has 4 N–H and O–H groups in total. The average molecular weight is 780 g/mol. The number of hydrogen-bond donors (Lipinski definition) is 4.